The van der Waals surface area contributed by atoms with E-state index >= 15 is 0 Å². The number of pyridine rings is 1. The number of aromatic nitrogens is 1. The van der Waals surface area contributed by atoms with Crippen LogP contribution in [0.25, 0.3) is 10.9 Å². The Kier molecular flexibility index (Phi) is 5.05. The average Bonchev–Trinajstić information content (AvgIpc) is 2.45. The van der Waals surface area contributed by atoms with E-state index in [1.165, 1.54) is 12.1 Å². The molecule has 0 aliphatic rings. The van der Waals surface area contributed by atoms with Crippen LogP contribution in [0, 0.1) is 16.0 Å². The summed E-state index contributed by atoms with van der Waals surface area (Å²) >= 11 is 0. The van der Waals surface area contributed by atoms with Crippen LogP contribution >= 0.6 is 0 Å². The summed E-state index contributed by atoms with van der Waals surface area (Å²) < 4.78 is 5.48. The SMILES string of the molecule is CC(C)COCCNc1ccc2cc([N+](=O)[O-])ccc2n1. The number of anilines is 1. The van der Waals surface area contributed by atoms with Crippen LogP contribution in [0.15, 0.2) is 30.3 Å². The molecular weight excluding hydrogens is 270 g/mol. The molecule has 112 valence electrons. The topological polar surface area (TPSA) is 77.3 Å². The largest absolute Gasteiger partial charge is 0.379 e. The van der Waals surface area contributed by atoms with E-state index in [-0.39, 0.29) is 5.69 Å². The van der Waals surface area contributed by atoms with Gasteiger partial charge in [0.2, 0.25) is 0 Å². The molecule has 1 heterocycles. The highest BCUT2D eigenvalue weighted by Gasteiger charge is 2.07. The van der Waals surface area contributed by atoms with Gasteiger partial charge in [-0.15, -0.1) is 0 Å². The number of nitrogens with zero attached hydrogens (tertiary/aromatic N) is 2. The van der Waals surface area contributed by atoms with Gasteiger partial charge >= 0.3 is 0 Å². The molecule has 0 spiro atoms. The fourth-order valence-electron chi connectivity index (χ4n) is 1.90. The van der Waals surface area contributed by atoms with Crippen LogP contribution in [0.2, 0.25) is 0 Å². The lowest BCUT2D eigenvalue weighted by Gasteiger charge is -2.09. The van der Waals surface area contributed by atoms with Crippen molar-refractivity contribution in [2.75, 3.05) is 25.1 Å². The van der Waals surface area contributed by atoms with Gasteiger partial charge in [0.15, 0.2) is 0 Å². The van der Waals surface area contributed by atoms with Gasteiger partial charge in [-0.25, -0.2) is 4.98 Å². The summed E-state index contributed by atoms with van der Waals surface area (Å²) in [5.74, 6) is 1.27. The third-order valence-electron chi connectivity index (χ3n) is 2.89. The number of benzene rings is 1. The molecule has 0 saturated heterocycles. The molecule has 1 N–H and O–H groups in total. The zero-order valence-corrected chi connectivity index (χ0v) is 12.2. The Hall–Kier alpha value is -2.21. The maximum atomic E-state index is 10.7. The molecule has 0 bridgehead atoms. The van der Waals surface area contributed by atoms with Crippen molar-refractivity contribution < 1.29 is 9.66 Å². The maximum absolute atomic E-state index is 10.7. The summed E-state index contributed by atoms with van der Waals surface area (Å²) in [6.45, 7) is 6.27. The molecule has 6 nitrogen and oxygen atoms in total. The quantitative estimate of drug-likeness (QED) is 0.481. The van der Waals surface area contributed by atoms with E-state index in [0.717, 1.165) is 23.3 Å². The lowest BCUT2D eigenvalue weighted by atomic mass is 10.2. The van der Waals surface area contributed by atoms with Crippen LogP contribution in [0.1, 0.15) is 13.8 Å². The number of ether oxygens (including phenoxy) is 1. The highest BCUT2D eigenvalue weighted by atomic mass is 16.6. The molecule has 0 fully saturated rings. The number of non-ortho nitro benzene ring substituents is 1. The summed E-state index contributed by atoms with van der Waals surface area (Å²) in [7, 11) is 0. The molecule has 0 aliphatic carbocycles. The van der Waals surface area contributed by atoms with Crippen LogP contribution in [0.4, 0.5) is 11.5 Å². The Balaban J connectivity index is 1.96. The van der Waals surface area contributed by atoms with Crippen molar-refractivity contribution in [1.82, 2.24) is 4.98 Å². The zero-order chi connectivity index (χ0) is 15.2. The number of rotatable bonds is 7. The van der Waals surface area contributed by atoms with E-state index in [1.807, 2.05) is 12.1 Å². The average molecular weight is 289 g/mol. The number of fused-ring (bicyclic) bond motifs is 1. The lowest BCUT2D eigenvalue weighted by molar-refractivity contribution is -0.384. The van der Waals surface area contributed by atoms with Gasteiger partial charge in [0.25, 0.3) is 5.69 Å². The van der Waals surface area contributed by atoms with Gasteiger partial charge in [0.05, 0.1) is 17.0 Å². The lowest BCUT2D eigenvalue weighted by Crippen LogP contribution is -2.12. The first-order chi connectivity index (χ1) is 10.1. The fourth-order valence-corrected chi connectivity index (χ4v) is 1.90. The molecule has 0 radical (unpaired) electrons. The Bertz CT molecular complexity index is 629. The first-order valence-electron chi connectivity index (χ1n) is 6.93. The minimum absolute atomic E-state index is 0.0760. The van der Waals surface area contributed by atoms with Crippen molar-refractivity contribution in [2.24, 2.45) is 5.92 Å². The molecule has 6 heteroatoms. The third kappa shape index (κ3) is 4.39. The first kappa shape index (κ1) is 15.2. The van der Waals surface area contributed by atoms with Crippen molar-refractivity contribution in [3.8, 4) is 0 Å². The summed E-state index contributed by atoms with van der Waals surface area (Å²) in [6.07, 6.45) is 0. The summed E-state index contributed by atoms with van der Waals surface area (Å²) in [6, 6.07) is 8.29. The predicted octanol–water partition coefficient (Wildman–Crippen LogP) is 3.23. The molecule has 0 unspecified atom stereocenters. The highest BCUT2D eigenvalue weighted by Crippen LogP contribution is 2.20. The van der Waals surface area contributed by atoms with Gasteiger partial charge in [0.1, 0.15) is 5.82 Å². The number of nitro benzene ring substituents is 1. The van der Waals surface area contributed by atoms with E-state index in [1.54, 1.807) is 6.07 Å². The van der Waals surface area contributed by atoms with Gasteiger partial charge in [-0.05, 0) is 24.1 Å². The molecule has 0 aliphatic heterocycles. The van der Waals surface area contributed by atoms with Crippen LogP contribution in [0.3, 0.4) is 0 Å². The summed E-state index contributed by atoms with van der Waals surface area (Å²) in [5, 5.41) is 14.7. The Morgan fingerprint density at radius 2 is 2.14 bits per heavy atom. The number of nitro groups is 1. The smallest absolute Gasteiger partial charge is 0.270 e. The van der Waals surface area contributed by atoms with Crippen molar-refractivity contribution in [2.45, 2.75) is 13.8 Å². The van der Waals surface area contributed by atoms with E-state index in [4.69, 9.17) is 4.74 Å². The molecule has 0 atom stereocenters. The summed E-state index contributed by atoms with van der Waals surface area (Å²) in [5.41, 5.74) is 0.806. The Morgan fingerprint density at radius 3 is 2.86 bits per heavy atom. The standard InChI is InChI=1S/C15H19N3O3/c1-11(2)10-21-8-7-16-15-6-3-12-9-13(18(19)20)4-5-14(12)17-15/h3-6,9,11H,7-8,10H2,1-2H3,(H,16,17). The molecule has 2 rings (SSSR count). The predicted molar refractivity (Wildman–Crippen MR) is 82.5 cm³/mol. The molecule has 2 aromatic rings. The van der Waals surface area contributed by atoms with E-state index < -0.39 is 4.92 Å². The molecule has 21 heavy (non-hydrogen) atoms. The van der Waals surface area contributed by atoms with Crippen molar-refractivity contribution in [1.29, 1.82) is 0 Å². The van der Waals surface area contributed by atoms with Crippen LogP contribution < -0.4 is 5.32 Å². The van der Waals surface area contributed by atoms with Gasteiger partial charge in [-0.3, -0.25) is 10.1 Å². The maximum Gasteiger partial charge on any atom is 0.270 e. The molecular formula is C15H19N3O3. The van der Waals surface area contributed by atoms with Crippen molar-refractivity contribution in [3.05, 3.63) is 40.4 Å². The second-order valence-corrected chi connectivity index (χ2v) is 5.23. The highest BCUT2D eigenvalue weighted by molar-refractivity contribution is 5.82. The Morgan fingerprint density at radius 1 is 1.33 bits per heavy atom. The van der Waals surface area contributed by atoms with Crippen molar-refractivity contribution in [3.63, 3.8) is 0 Å². The zero-order valence-electron chi connectivity index (χ0n) is 12.2. The first-order valence-corrected chi connectivity index (χ1v) is 6.93. The van der Waals surface area contributed by atoms with Crippen LogP contribution in [-0.4, -0.2) is 29.7 Å². The molecule has 1 aromatic heterocycles. The molecule has 1 aromatic carbocycles. The fraction of sp³-hybridized carbons (Fsp3) is 0.400. The van der Waals surface area contributed by atoms with Crippen molar-refractivity contribution >= 4 is 22.4 Å². The number of nitrogens with one attached hydrogen (secondary N) is 1. The summed E-state index contributed by atoms with van der Waals surface area (Å²) in [4.78, 5) is 14.7. The third-order valence-corrected chi connectivity index (χ3v) is 2.89. The van der Waals surface area contributed by atoms with E-state index in [0.29, 0.717) is 19.1 Å². The van der Waals surface area contributed by atoms with Crippen LogP contribution in [-0.2, 0) is 4.74 Å². The van der Waals surface area contributed by atoms with Gasteiger partial charge in [-0.2, -0.15) is 0 Å². The number of hydrogen-bond acceptors (Lipinski definition) is 5. The van der Waals surface area contributed by atoms with Crippen LogP contribution in [0.5, 0.6) is 0 Å². The second-order valence-electron chi connectivity index (χ2n) is 5.23. The van der Waals surface area contributed by atoms with E-state index in [9.17, 15) is 10.1 Å². The second kappa shape index (κ2) is 6.99. The van der Waals surface area contributed by atoms with E-state index in [2.05, 4.69) is 24.1 Å². The Labute approximate surface area is 123 Å². The monoisotopic (exact) mass is 289 g/mol. The van der Waals surface area contributed by atoms with Gasteiger partial charge in [-0.1, -0.05) is 13.8 Å². The molecule has 0 amide bonds. The minimum atomic E-state index is -0.405. The van der Waals surface area contributed by atoms with Gasteiger partial charge in [0, 0.05) is 30.7 Å². The minimum Gasteiger partial charge on any atom is -0.379 e. The number of hydrogen-bond donors (Lipinski definition) is 1. The normalized spacial score (nSPS) is 11.0. The van der Waals surface area contributed by atoms with Gasteiger partial charge < -0.3 is 10.1 Å². The molecule has 0 saturated carbocycles.